The summed E-state index contributed by atoms with van der Waals surface area (Å²) in [5, 5.41) is 11.9. The molecule has 0 amide bonds. The van der Waals surface area contributed by atoms with Crippen molar-refractivity contribution in [3.05, 3.63) is 12.5 Å². The van der Waals surface area contributed by atoms with Gasteiger partial charge in [0.15, 0.2) is 5.65 Å². The van der Waals surface area contributed by atoms with E-state index in [0.29, 0.717) is 0 Å². The smallest absolute Gasteiger partial charge is 0.163 e. The lowest BCUT2D eigenvalue weighted by atomic mass is 10.3. The van der Waals surface area contributed by atoms with Gasteiger partial charge in [0.1, 0.15) is 12.1 Å². The number of nitrogens with zero attached hydrogens (tertiary/aromatic N) is 5. The SMILES string of the molecule is Cn1ncc2c(NCCN3CCNCC3)ncnc21. The number of aryl methyl sites for hydroxylation is 1. The van der Waals surface area contributed by atoms with Crippen molar-refractivity contribution in [2.75, 3.05) is 44.6 Å². The van der Waals surface area contributed by atoms with Gasteiger partial charge < -0.3 is 10.6 Å². The Balaban J connectivity index is 1.62. The average Bonchev–Trinajstić information content (AvgIpc) is 2.83. The van der Waals surface area contributed by atoms with Crippen LogP contribution in [0.15, 0.2) is 12.5 Å². The Morgan fingerprint density at radius 1 is 1.32 bits per heavy atom. The fourth-order valence-electron chi connectivity index (χ4n) is 2.37. The molecule has 2 aromatic rings. The fourth-order valence-corrected chi connectivity index (χ4v) is 2.37. The van der Waals surface area contributed by atoms with E-state index in [2.05, 4.69) is 30.6 Å². The Bertz CT molecular complexity index is 544. The number of rotatable bonds is 4. The number of piperazine rings is 1. The highest BCUT2D eigenvalue weighted by Gasteiger charge is 2.10. The largest absolute Gasteiger partial charge is 0.368 e. The van der Waals surface area contributed by atoms with Crippen LogP contribution in [0.1, 0.15) is 0 Å². The van der Waals surface area contributed by atoms with Gasteiger partial charge in [0, 0.05) is 46.3 Å². The van der Waals surface area contributed by atoms with Gasteiger partial charge >= 0.3 is 0 Å². The normalized spacial score (nSPS) is 16.9. The lowest BCUT2D eigenvalue weighted by Gasteiger charge is -2.27. The summed E-state index contributed by atoms with van der Waals surface area (Å²) in [7, 11) is 1.89. The molecule has 1 aliphatic heterocycles. The minimum absolute atomic E-state index is 0.861. The highest BCUT2D eigenvalue weighted by atomic mass is 15.3. The van der Waals surface area contributed by atoms with Crippen molar-refractivity contribution in [3.63, 3.8) is 0 Å². The number of anilines is 1. The van der Waals surface area contributed by atoms with Crippen molar-refractivity contribution in [3.8, 4) is 0 Å². The molecular weight excluding hydrogens is 242 g/mol. The van der Waals surface area contributed by atoms with Crippen molar-refractivity contribution in [2.45, 2.75) is 0 Å². The van der Waals surface area contributed by atoms with Crippen LogP contribution in [0, 0.1) is 0 Å². The molecule has 3 heterocycles. The second-order valence-electron chi connectivity index (χ2n) is 4.75. The number of aromatic nitrogens is 4. The zero-order valence-corrected chi connectivity index (χ0v) is 11.1. The fraction of sp³-hybridized carbons (Fsp3) is 0.583. The predicted octanol–water partition coefficient (Wildman–Crippen LogP) is -0.320. The molecule has 0 spiro atoms. The van der Waals surface area contributed by atoms with E-state index in [0.717, 1.165) is 56.1 Å². The summed E-state index contributed by atoms with van der Waals surface area (Å²) in [5.74, 6) is 0.869. The average molecular weight is 261 g/mol. The number of fused-ring (bicyclic) bond motifs is 1. The van der Waals surface area contributed by atoms with E-state index in [-0.39, 0.29) is 0 Å². The van der Waals surface area contributed by atoms with Crippen molar-refractivity contribution >= 4 is 16.9 Å². The van der Waals surface area contributed by atoms with E-state index in [9.17, 15) is 0 Å². The third-order valence-corrected chi connectivity index (χ3v) is 3.46. The van der Waals surface area contributed by atoms with Crippen molar-refractivity contribution in [2.24, 2.45) is 7.05 Å². The van der Waals surface area contributed by atoms with E-state index in [1.54, 1.807) is 11.0 Å². The molecule has 7 nitrogen and oxygen atoms in total. The maximum atomic E-state index is 4.30. The molecule has 0 bridgehead atoms. The van der Waals surface area contributed by atoms with E-state index in [1.807, 2.05) is 13.2 Å². The van der Waals surface area contributed by atoms with Crippen molar-refractivity contribution in [1.82, 2.24) is 30.0 Å². The lowest BCUT2D eigenvalue weighted by Crippen LogP contribution is -2.45. The lowest BCUT2D eigenvalue weighted by molar-refractivity contribution is 0.249. The molecule has 0 atom stereocenters. The Morgan fingerprint density at radius 3 is 3.00 bits per heavy atom. The van der Waals surface area contributed by atoms with Gasteiger partial charge in [-0.15, -0.1) is 0 Å². The van der Waals surface area contributed by atoms with Crippen LogP contribution < -0.4 is 10.6 Å². The molecule has 1 fully saturated rings. The van der Waals surface area contributed by atoms with Crippen LogP contribution in [0.5, 0.6) is 0 Å². The molecule has 0 aromatic carbocycles. The van der Waals surface area contributed by atoms with Crippen LogP contribution in [-0.4, -0.2) is 63.9 Å². The molecular formula is C12H19N7. The predicted molar refractivity (Wildman–Crippen MR) is 74.1 cm³/mol. The van der Waals surface area contributed by atoms with Crippen molar-refractivity contribution < 1.29 is 0 Å². The monoisotopic (exact) mass is 261 g/mol. The molecule has 2 aromatic heterocycles. The Hall–Kier alpha value is -1.73. The minimum Gasteiger partial charge on any atom is -0.368 e. The second-order valence-corrected chi connectivity index (χ2v) is 4.75. The van der Waals surface area contributed by atoms with Crippen LogP contribution in [-0.2, 0) is 7.05 Å². The number of hydrogen-bond donors (Lipinski definition) is 2. The van der Waals surface area contributed by atoms with E-state index in [4.69, 9.17) is 0 Å². The van der Waals surface area contributed by atoms with Crippen LogP contribution in [0.25, 0.3) is 11.0 Å². The standard InChI is InChI=1S/C12H19N7/c1-18-12-10(8-17-18)11(15-9-16-12)14-4-7-19-5-2-13-3-6-19/h8-9,13H,2-7H2,1H3,(H,14,15,16). The second kappa shape index (κ2) is 5.50. The third-order valence-electron chi connectivity index (χ3n) is 3.46. The van der Waals surface area contributed by atoms with E-state index < -0.39 is 0 Å². The van der Waals surface area contributed by atoms with Crippen molar-refractivity contribution in [1.29, 1.82) is 0 Å². The Labute approximate surface area is 112 Å². The summed E-state index contributed by atoms with van der Waals surface area (Å²) >= 11 is 0. The third kappa shape index (κ3) is 2.66. The molecule has 1 saturated heterocycles. The Morgan fingerprint density at radius 2 is 2.16 bits per heavy atom. The molecule has 0 radical (unpaired) electrons. The van der Waals surface area contributed by atoms with Gasteiger partial charge in [0.25, 0.3) is 0 Å². The molecule has 3 rings (SSSR count). The topological polar surface area (TPSA) is 70.9 Å². The van der Waals surface area contributed by atoms with Gasteiger partial charge in [-0.25, -0.2) is 9.97 Å². The van der Waals surface area contributed by atoms with Gasteiger partial charge in [-0.1, -0.05) is 0 Å². The van der Waals surface area contributed by atoms with E-state index in [1.165, 1.54) is 0 Å². The first kappa shape index (κ1) is 12.3. The molecule has 102 valence electrons. The first-order valence-corrected chi connectivity index (χ1v) is 6.64. The highest BCUT2D eigenvalue weighted by Crippen LogP contribution is 2.17. The zero-order chi connectivity index (χ0) is 13.1. The van der Waals surface area contributed by atoms with Gasteiger partial charge in [-0.2, -0.15) is 5.10 Å². The van der Waals surface area contributed by atoms with Crippen LogP contribution in [0.2, 0.25) is 0 Å². The summed E-state index contributed by atoms with van der Waals surface area (Å²) in [4.78, 5) is 11.0. The summed E-state index contributed by atoms with van der Waals surface area (Å²) in [6.45, 7) is 6.33. The molecule has 1 aliphatic rings. The quantitative estimate of drug-likeness (QED) is 0.786. The molecule has 0 unspecified atom stereocenters. The van der Waals surface area contributed by atoms with Crippen LogP contribution in [0.3, 0.4) is 0 Å². The van der Waals surface area contributed by atoms with E-state index >= 15 is 0 Å². The zero-order valence-electron chi connectivity index (χ0n) is 11.1. The molecule has 2 N–H and O–H groups in total. The maximum Gasteiger partial charge on any atom is 0.163 e. The molecule has 0 saturated carbocycles. The highest BCUT2D eigenvalue weighted by molar-refractivity contribution is 5.85. The van der Waals surface area contributed by atoms with Crippen LogP contribution in [0.4, 0.5) is 5.82 Å². The maximum absolute atomic E-state index is 4.30. The summed E-state index contributed by atoms with van der Waals surface area (Å²) < 4.78 is 1.76. The summed E-state index contributed by atoms with van der Waals surface area (Å²) in [5.41, 5.74) is 0.861. The first-order valence-electron chi connectivity index (χ1n) is 6.64. The number of hydrogen-bond acceptors (Lipinski definition) is 6. The van der Waals surface area contributed by atoms with Gasteiger partial charge in [0.2, 0.25) is 0 Å². The van der Waals surface area contributed by atoms with Gasteiger partial charge in [0.05, 0.1) is 11.6 Å². The molecule has 0 aliphatic carbocycles. The summed E-state index contributed by atoms with van der Waals surface area (Å²) in [6.07, 6.45) is 3.39. The molecule has 19 heavy (non-hydrogen) atoms. The summed E-state index contributed by atoms with van der Waals surface area (Å²) in [6, 6.07) is 0. The first-order chi connectivity index (χ1) is 9.34. The minimum atomic E-state index is 0.861. The number of nitrogens with one attached hydrogen (secondary N) is 2. The van der Waals surface area contributed by atoms with Gasteiger partial charge in [-0.3, -0.25) is 9.58 Å². The van der Waals surface area contributed by atoms with Crippen LogP contribution >= 0.6 is 0 Å². The Kier molecular flexibility index (Phi) is 3.56. The van der Waals surface area contributed by atoms with Gasteiger partial charge in [-0.05, 0) is 0 Å². The molecule has 7 heteroatoms.